The van der Waals surface area contributed by atoms with E-state index >= 15 is 0 Å². The molecule has 0 amide bonds. The Kier molecular flexibility index (Phi) is 2.50. The van der Waals surface area contributed by atoms with Crippen LogP contribution < -0.4 is 5.32 Å². The van der Waals surface area contributed by atoms with Gasteiger partial charge in [0, 0.05) is 16.5 Å². The van der Waals surface area contributed by atoms with Crippen LogP contribution in [0.5, 0.6) is 0 Å². The van der Waals surface area contributed by atoms with E-state index in [9.17, 15) is 0 Å². The second-order valence-electron chi connectivity index (χ2n) is 6.32. The number of fused-ring (bicyclic) bond motifs is 1. The van der Waals surface area contributed by atoms with Crippen molar-refractivity contribution in [3.63, 3.8) is 0 Å². The predicted octanol–water partition coefficient (Wildman–Crippen LogP) is 3.69. The number of nitrogens with one attached hydrogen (secondary N) is 1. The van der Waals surface area contributed by atoms with Gasteiger partial charge in [-0.05, 0) is 61.4 Å². The van der Waals surface area contributed by atoms with Gasteiger partial charge in [0.25, 0.3) is 0 Å². The molecule has 0 spiro atoms. The zero-order chi connectivity index (χ0) is 12.2. The lowest BCUT2D eigenvalue weighted by atomic mass is 9.53. The van der Waals surface area contributed by atoms with E-state index in [2.05, 4.69) is 23.5 Å². The molecule has 1 saturated heterocycles. The fourth-order valence-corrected chi connectivity index (χ4v) is 5.07. The van der Waals surface area contributed by atoms with E-state index < -0.39 is 0 Å². The minimum atomic E-state index is 0.451. The van der Waals surface area contributed by atoms with Crippen molar-refractivity contribution >= 4 is 11.6 Å². The predicted molar refractivity (Wildman–Crippen MR) is 75.2 cm³/mol. The lowest BCUT2D eigenvalue weighted by Crippen LogP contribution is -2.59. The van der Waals surface area contributed by atoms with Crippen LogP contribution in [0, 0.1) is 5.92 Å². The largest absolute Gasteiger partial charge is 0.313 e. The molecule has 3 unspecified atom stereocenters. The molecule has 1 heterocycles. The molecule has 96 valence electrons. The van der Waals surface area contributed by atoms with E-state index in [1.165, 1.54) is 45.1 Å². The van der Waals surface area contributed by atoms with Gasteiger partial charge >= 0.3 is 0 Å². The monoisotopic (exact) mass is 261 g/mol. The van der Waals surface area contributed by atoms with Crippen molar-refractivity contribution < 1.29 is 0 Å². The number of hydrogen-bond acceptors (Lipinski definition) is 1. The van der Waals surface area contributed by atoms with Crippen LogP contribution >= 0.6 is 11.6 Å². The Bertz CT molecular complexity index is 480. The Labute approximate surface area is 114 Å². The van der Waals surface area contributed by atoms with Crippen LogP contribution in [0.1, 0.15) is 43.2 Å². The molecule has 1 nitrogen and oxygen atoms in total. The van der Waals surface area contributed by atoms with E-state index in [0.717, 1.165) is 10.9 Å². The summed E-state index contributed by atoms with van der Waals surface area (Å²) in [7, 11) is 0. The fraction of sp³-hybridized carbons (Fsp3) is 0.625. The van der Waals surface area contributed by atoms with E-state index in [0.29, 0.717) is 11.5 Å². The number of halogens is 1. The topological polar surface area (TPSA) is 12.0 Å². The van der Waals surface area contributed by atoms with Gasteiger partial charge in [0.1, 0.15) is 0 Å². The molecule has 1 N–H and O–H groups in total. The standard InChI is InChI=1S/C16H20ClN/c17-12-5-4-11-9-15-13-3-1-2-6-16(13,7-8-18-15)14(11)10-12/h4-5,10,13,15,18H,1-3,6-9H2. The second-order valence-corrected chi connectivity index (χ2v) is 6.76. The first kappa shape index (κ1) is 11.3. The van der Waals surface area contributed by atoms with Crippen LogP contribution in [0.2, 0.25) is 5.02 Å². The van der Waals surface area contributed by atoms with Crippen LogP contribution in [0.25, 0.3) is 0 Å². The summed E-state index contributed by atoms with van der Waals surface area (Å²) in [5.74, 6) is 0.853. The van der Waals surface area contributed by atoms with E-state index in [1.54, 1.807) is 11.1 Å². The van der Waals surface area contributed by atoms with Gasteiger partial charge in [0.15, 0.2) is 0 Å². The maximum Gasteiger partial charge on any atom is 0.0409 e. The minimum absolute atomic E-state index is 0.451. The summed E-state index contributed by atoms with van der Waals surface area (Å²) in [5, 5.41) is 4.69. The molecular weight excluding hydrogens is 242 g/mol. The summed E-state index contributed by atoms with van der Waals surface area (Å²) in [5.41, 5.74) is 3.60. The third-order valence-electron chi connectivity index (χ3n) is 5.61. The third kappa shape index (κ3) is 1.44. The molecule has 1 saturated carbocycles. The fourth-order valence-electron chi connectivity index (χ4n) is 4.90. The Morgan fingerprint density at radius 1 is 1.22 bits per heavy atom. The summed E-state index contributed by atoms with van der Waals surface area (Å²) in [6, 6.07) is 7.32. The highest BCUT2D eigenvalue weighted by atomic mass is 35.5. The summed E-state index contributed by atoms with van der Waals surface area (Å²) in [6.45, 7) is 1.19. The Morgan fingerprint density at radius 2 is 2.17 bits per heavy atom. The molecule has 2 heteroatoms. The number of benzene rings is 1. The van der Waals surface area contributed by atoms with Crippen molar-refractivity contribution in [2.75, 3.05) is 6.54 Å². The van der Waals surface area contributed by atoms with Crippen LogP contribution in [-0.2, 0) is 11.8 Å². The van der Waals surface area contributed by atoms with Crippen molar-refractivity contribution in [1.82, 2.24) is 5.32 Å². The van der Waals surface area contributed by atoms with Gasteiger partial charge < -0.3 is 5.32 Å². The van der Waals surface area contributed by atoms with Gasteiger partial charge in [-0.1, -0.05) is 30.5 Å². The van der Waals surface area contributed by atoms with Crippen LogP contribution in [0.15, 0.2) is 18.2 Å². The minimum Gasteiger partial charge on any atom is -0.313 e. The van der Waals surface area contributed by atoms with Crippen molar-refractivity contribution in [2.24, 2.45) is 5.92 Å². The summed E-state index contributed by atoms with van der Waals surface area (Å²) in [4.78, 5) is 0. The number of piperidine rings is 1. The van der Waals surface area contributed by atoms with Crippen LogP contribution in [-0.4, -0.2) is 12.6 Å². The maximum atomic E-state index is 6.27. The molecule has 2 bridgehead atoms. The lowest BCUT2D eigenvalue weighted by molar-refractivity contribution is 0.0798. The van der Waals surface area contributed by atoms with Gasteiger partial charge in [-0.25, -0.2) is 0 Å². The molecule has 1 aromatic rings. The molecule has 18 heavy (non-hydrogen) atoms. The maximum absolute atomic E-state index is 6.27. The molecular formula is C16H20ClN. The quantitative estimate of drug-likeness (QED) is 0.751. The Morgan fingerprint density at radius 3 is 3.11 bits per heavy atom. The normalized spacial score (nSPS) is 37.8. The molecule has 4 rings (SSSR count). The van der Waals surface area contributed by atoms with Gasteiger partial charge in [-0.2, -0.15) is 0 Å². The Balaban J connectivity index is 1.91. The third-order valence-corrected chi connectivity index (χ3v) is 5.84. The van der Waals surface area contributed by atoms with Crippen molar-refractivity contribution in [3.8, 4) is 0 Å². The molecule has 0 aromatic heterocycles. The zero-order valence-corrected chi connectivity index (χ0v) is 11.5. The molecule has 2 aliphatic carbocycles. The molecule has 3 atom stereocenters. The highest BCUT2D eigenvalue weighted by Crippen LogP contribution is 2.54. The SMILES string of the molecule is Clc1ccc2c(c1)C13CCCCC1C(C2)NCC3. The highest BCUT2D eigenvalue weighted by Gasteiger charge is 2.51. The lowest BCUT2D eigenvalue weighted by Gasteiger charge is -2.56. The van der Waals surface area contributed by atoms with Crippen LogP contribution in [0.4, 0.5) is 0 Å². The van der Waals surface area contributed by atoms with Crippen molar-refractivity contribution in [1.29, 1.82) is 0 Å². The van der Waals surface area contributed by atoms with Gasteiger partial charge in [0.05, 0.1) is 0 Å². The smallest absolute Gasteiger partial charge is 0.0409 e. The first-order chi connectivity index (χ1) is 8.79. The first-order valence-electron chi connectivity index (χ1n) is 7.32. The molecule has 1 aromatic carbocycles. The molecule has 0 radical (unpaired) electrons. The van der Waals surface area contributed by atoms with E-state index in [1.807, 2.05) is 0 Å². The molecule has 3 aliphatic rings. The summed E-state index contributed by atoms with van der Waals surface area (Å²) in [6.07, 6.45) is 8.11. The van der Waals surface area contributed by atoms with Gasteiger partial charge in [-0.15, -0.1) is 0 Å². The van der Waals surface area contributed by atoms with Crippen LogP contribution in [0.3, 0.4) is 0 Å². The average Bonchev–Trinajstić information content (AvgIpc) is 2.40. The molecule has 2 fully saturated rings. The number of rotatable bonds is 0. The Hall–Kier alpha value is -0.530. The van der Waals surface area contributed by atoms with Crippen molar-refractivity contribution in [2.45, 2.75) is 50.0 Å². The van der Waals surface area contributed by atoms with Crippen molar-refractivity contribution in [3.05, 3.63) is 34.3 Å². The average molecular weight is 262 g/mol. The van der Waals surface area contributed by atoms with Gasteiger partial charge in [-0.3, -0.25) is 0 Å². The zero-order valence-electron chi connectivity index (χ0n) is 10.7. The second kappa shape index (κ2) is 3.98. The van der Waals surface area contributed by atoms with E-state index in [-0.39, 0.29) is 0 Å². The summed E-state index contributed by atoms with van der Waals surface area (Å²) < 4.78 is 0. The molecule has 1 aliphatic heterocycles. The van der Waals surface area contributed by atoms with Gasteiger partial charge in [0.2, 0.25) is 0 Å². The van der Waals surface area contributed by atoms with E-state index in [4.69, 9.17) is 11.6 Å². The first-order valence-corrected chi connectivity index (χ1v) is 7.70. The number of hydrogen-bond donors (Lipinski definition) is 1. The highest BCUT2D eigenvalue weighted by molar-refractivity contribution is 6.30. The summed E-state index contributed by atoms with van der Waals surface area (Å²) >= 11 is 6.27.